The SMILES string of the molecule is OB(O)c1cc(F)cc(COC2COC2)c1. The predicted octanol–water partition coefficient (Wildman–Crippen LogP) is -0.579. The van der Waals surface area contributed by atoms with Gasteiger partial charge in [-0.1, -0.05) is 6.07 Å². The Morgan fingerprint density at radius 3 is 2.69 bits per heavy atom. The van der Waals surface area contributed by atoms with Crippen LogP contribution in [0.15, 0.2) is 18.2 Å². The smallest absolute Gasteiger partial charge is 0.423 e. The van der Waals surface area contributed by atoms with Gasteiger partial charge in [-0.3, -0.25) is 0 Å². The lowest BCUT2D eigenvalue weighted by atomic mass is 9.79. The molecule has 1 aliphatic heterocycles. The van der Waals surface area contributed by atoms with Crippen LogP contribution in [0.2, 0.25) is 0 Å². The average molecular weight is 226 g/mol. The Labute approximate surface area is 92.8 Å². The fourth-order valence-electron chi connectivity index (χ4n) is 1.43. The Morgan fingerprint density at radius 2 is 2.12 bits per heavy atom. The molecule has 6 heteroatoms. The number of hydrogen-bond acceptors (Lipinski definition) is 4. The fourth-order valence-corrected chi connectivity index (χ4v) is 1.43. The number of ether oxygens (including phenoxy) is 2. The Kier molecular flexibility index (Phi) is 3.55. The van der Waals surface area contributed by atoms with Gasteiger partial charge in [-0.2, -0.15) is 0 Å². The van der Waals surface area contributed by atoms with E-state index in [-0.39, 0.29) is 18.2 Å². The van der Waals surface area contributed by atoms with Crippen molar-refractivity contribution in [2.45, 2.75) is 12.7 Å². The molecule has 0 aliphatic carbocycles. The van der Waals surface area contributed by atoms with Gasteiger partial charge >= 0.3 is 7.12 Å². The third-order valence-electron chi connectivity index (χ3n) is 2.37. The van der Waals surface area contributed by atoms with Crippen molar-refractivity contribution in [3.63, 3.8) is 0 Å². The summed E-state index contributed by atoms with van der Waals surface area (Å²) < 4.78 is 23.4. The molecule has 1 aliphatic rings. The maximum absolute atomic E-state index is 13.1. The van der Waals surface area contributed by atoms with E-state index >= 15 is 0 Å². The van der Waals surface area contributed by atoms with E-state index < -0.39 is 12.9 Å². The second kappa shape index (κ2) is 4.92. The van der Waals surface area contributed by atoms with Crippen LogP contribution in [0.25, 0.3) is 0 Å². The van der Waals surface area contributed by atoms with Crippen LogP contribution in [0.5, 0.6) is 0 Å². The zero-order valence-electron chi connectivity index (χ0n) is 8.60. The molecule has 2 rings (SSSR count). The zero-order chi connectivity index (χ0) is 11.5. The molecule has 16 heavy (non-hydrogen) atoms. The van der Waals surface area contributed by atoms with Crippen molar-refractivity contribution in [1.29, 1.82) is 0 Å². The van der Waals surface area contributed by atoms with Crippen molar-refractivity contribution in [2.24, 2.45) is 0 Å². The first-order valence-corrected chi connectivity index (χ1v) is 5.00. The summed E-state index contributed by atoms with van der Waals surface area (Å²) >= 11 is 0. The van der Waals surface area contributed by atoms with E-state index in [0.717, 1.165) is 6.07 Å². The summed E-state index contributed by atoms with van der Waals surface area (Å²) in [6.45, 7) is 1.36. The summed E-state index contributed by atoms with van der Waals surface area (Å²) in [5.74, 6) is -0.506. The Morgan fingerprint density at radius 1 is 1.38 bits per heavy atom. The van der Waals surface area contributed by atoms with Crippen LogP contribution in [-0.4, -0.2) is 36.5 Å². The van der Waals surface area contributed by atoms with Crippen molar-refractivity contribution in [3.8, 4) is 0 Å². The first kappa shape index (κ1) is 11.5. The minimum absolute atomic E-state index is 0.0609. The average Bonchev–Trinajstić information content (AvgIpc) is 2.14. The lowest BCUT2D eigenvalue weighted by Gasteiger charge is -2.26. The van der Waals surface area contributed by atoms with Crippen molar-refractivity contribution in [2.75, 3.05) is 13.2 Å². The van der Waals surface area contributed by atoms with E-state index in [2.05, 4.69) is 0 Å². The van der Waals surface area contributed by atoms with E-state index in [1.807, 2.05) is 0 Å². The van der Waals surface area contributed by atoms with Gasteiger partial charge < -0.3 is 19.5 Å². The van der Waals surface area contributed by atoms with E-state index in [0.29, 0.717) is 18.8 Å². The maximum Gasteiger partial charge on any atom is 0.488 e. The van der Waals surface area contributed by atoms with Crippen LogP contribution in [0.3, 0.4) is 0 Å². The first-order valence-electron chi connectivity index (χ1n) is 5.00. The van der Waals surface area contributed by atoms with Crippen LogP contribution >= 0.6 is 0 Å². The number of hydrogen-bond donors (Lipinski definition) is 2. The first-order chi connectivity index (χ1) is 7.65. The van der Waals surface area contributed by atoms with Gasteiger partial charge in [0.05, 0.1) is 19.8 Å². The molecule has 1 heterocycles. The highest BCUT2D eigenvalue weighted by Crippen LogP contribution is 2.10. The molecule has 0 radical (unpaired) electrons. The summed E-state index contributed by atoms with van der Waals surface area (Å²) in [6, 6.07) is 3.90. The van der Waals surface area contributed by atoms with Gasteiger partial charge in [0.1, 0.15) is 11.9 Å². The van der Waals surface area contributed by atoms with Gasteiger partial charge in [0, 0.05) is 0 Å². The summed E-state index contributed by atoms with van der Waals surface area (Å²) in [7, 11) is -1.67. The van der Waals surface area contributed by atoms with Gasteiger partial charge in [-0.25, -0.2) is 4.39 Å². The maximum atomic E-state index is 13.1. The normalized spacial score (nSPS) is 15.9. The fraction of sp³-hybridized carbons (Fsp3) is 0.400. The molecule has 1 saturated heterocycles. The molecule has 1 aromatic carbocycles. The van der Waals surface area contributed by atoms with Crippen molar-refractivity contribution in [1.82, 2.24) is 0 Å². The van der Waals surface area contributed by atoms with Gasteiger partial charge in [-0.15, -0.1) is 0 Å². The molecule has 0 amide bonds. The lowest BCUT2D eigenvalue weighted by Crippen LogP contribution is -2.36. The standard InChI is InChI=1S/C10H12BFO4/c12-9-2-7(1-8(3-9)11(13)14)4-16-10-5-15-6-10/h1-3,10,13-14H,4-6H2. The van der Waals surface area contributed by atoms with Crippen LogP contribution < -0.4 is 5.46 Å². The van der Waals surface area contributed by atoms with Gasteiger partial charge in [0.2, 0.25) is 0 Å². The molecule has 0 unspecified atom stereocenters. The van der Waals surface area contributed by atoms with Crippen LogP contribution in [-0.2, 0) is 16.1 Å². The number of rotatable bonds is 4. The summed E-state index contributed by atoms with van der Waals surface area (Å²) in [5.41, 5.74) is 0.707. The second-order valence-corrected chi connectivity index (χ2v) is 3.74. The molecule has 1 aromatic rings. The highest BCUT2D eigenvalue weighted by Gasteiger charge is 2.19. The van der Waals surface area contributed by atoms with Crippen LogP contribution in [0.4, 0.5) is 4.39 Å². The van der Waals surface area contributed by atoms with E-state index in [1.165, 1.54) is 12.1 Å². The van der Waals surface area contributed by atoms with Crippen LogP contribution in [0.1, 0.15) is 5.56 Å². The zero-order valence-corrected chi connectivity index (χ0v) is 8.60. The van der Waals surface area contributed by atoms with Gasteiger partial charge in [-0.05, 0) is 23.2 Å². The summed E-state index contributed by atoms with van der Waals surface area (Å²) in [6.07, 6.45) is 0.0609. The molecule has 1 fully saturated rings. The third-order valence-corrected chi connectivity index (χ3v) is 2.37. The van der Waals surface area contributed by atoms with Gasteiger partial charge in [0.25, 0.3) is 0 Å². The van der Waals surface area contributed by atoms with E-state index in [1.54, 1.807) is 0 Å². The predicted molar refractivity (Wildman–Crippen MR) is 55.6 cm³/mol. The molecule has 0 spiro atoms. The molecule has 2 N–H and O–H groups in total. The highest BCUT2D eigenvalue weighted by atomic mass is 19.1. The van der Waals surface area contributed by atoms with E-state index in [4.69, 9.17) is 19.5 Å². The molecular weight excluding hydrogens is 214 g/mol. The minimum Gasteiger partial charge on any atom is -0.423 e. The summed E-state index contributed by atoms with van der Waals surface area (Å²) in [5, 5.41) is 17.9. The Hall–Kier alpha value is -0.945. The van der Waals surface area contributed by atoms with Gasteiger partial charge in [0.15, 0.2) is 0 Å². The second-order valence-electron chi connectivity index (χ2n) is 3.74. The lowest BCUT2D eigenvalue weighted by molar-refractivity contribution is -0.135. The molecule has 0 bridgehead atoms. The third kappa shape index (κ3) is 2.79. The Bertz CT molecular complexity index is 368. The van der Waals surface area contributed by atoms with Crippen molar-refractivity contribution in [3.05, 3.63) is 29.6 Å². The monoisotopic (exact) mass is 226 g/mol. The van der Waals surface area contributed by atoms with E-state index in [9.17, 15) is 4.39 Å². The van der Waals surface area contributed by atoms with Crippen molar-refractivity contribution < 1.29 is 23.9 Å². The largest absolute Gasteiger partial charge is 0.488 e. The van der Waals surface area contributed by atoms with Crippen molar-refractivity contribution >= 4 is 12.6 Å². The molecule has 0 saturated carbocycles. The minimum atomic E-state index is -1.67. The van der Waals surface area contributed by atoms with Crippen LogP contribution in [0, 0.1) is 5.82 Å². The quantitative estimate of drug-likeness (QED) is 0.674. The highest BCUT2D eigenvalue weighted by molar-refractivity contribution is 6.58. The number of halogens is 1. The molecule has 0 aromatic heterocycles. The molecule has 4 nitrogen and oxygen atoms in total. The molecule has 86 valence electrons. The molecule has 0 atom stereocenters. The number of benzene rings is 1. The Balaban J connectivity index is 2.01. The topological polar surface area (TPSA) is 58.9 Å². The summed E-state index contributed by atoms with van der Waals surface area (Å²) in [4.78, 5) is 0. The molecular formula is C10H12BFO4.